The average molecular weight is 931 g/mol. The van der Waals surface area contributed by atoms with Crippen molar-refractivity contribution in [3.05, 3.63) is 24.3 Å². The van der Waals surface area contributed by atoms with Crippen LogP contribution in [-0.4, -0.2) is 47.4 Å². The topological polar surface area (TPSA) is 95.9 Å². The highest BCUT2D eigenvalue weighted by molar-refractivity contribution is 5.76. The summed E-state index contributed by atoms with van der Waals surface area (Å²) in [7, 11) is 0. The number of carbonyl (C=O) groups is 2. The van der Waals surface area contributed by atoms with Crippen molar-refractivity contribution in [2.24, 2.45) is 0 Å². The van der Waals surface area contributed by atoms with Crippen LogP contribution in [0, 0.1) is 0 Å². The van der Waals surface area contributed by atoms with Crippen LogP contribution < -0.4 is 5.32 Å². The number of carbonyl (C=O) groups excluding carboxylic acids is 2. The monoisotopic (exact) mass is 930 g/mol. The number of hydrogen-bond acceptors (Lipinski definition) is 5. The Morgan fingerprint density at radius 2 is 0.712 bits per heavy atom. The Morgan fingerprint density at radius 3 is 1.08 bits per heavy atom. The van der Waals surface area contributed by atoms with Crippen LogP contribution in [-0.2, 0) is 14.3 Å². The minimum Gasteiger partial charge on any atom is -0.466 e. The number of amides is 1. The van der Waals surface area contributed by atoms with Crippen LogP contribution in [0.5, 0.6) is 0 Å². The Bertz CT molecular complexity index is 1030. The fourth-order valence-electron chi connectivity index (χ4n) is 9.16. The summed E-state index contributed by atoms with van der Waals surface area (Å²) >= 11 is 0. The summed E-state index contributed by atoms with van der Waals surface area (Å²) < 4.78 is 5.49. The van der Waals surface area contributed by atoms with Crippen molar-refractivity contribution in [1.82, 2.24) is 5.32 Å². The van der Waals surface area contributed by atoms with Gasteiger partial charge in [0.2, 0.25) is 5.91 Å². The van der Waals surface area contributed by atoms with E-state index in [2.05, 4.69) is 31.3 Å². The van der Waals surface area contributed by atoms with Crippen molar-refractivity contribution >= 4 is 11.9 Å². The molecule has 0 aromatic heterocycles. The molecule has 0 saturated heterocycles. The summed E-state index contributed by atoms with van der Waals surface area (Å²) in [6.45, 7) is 4.90. The number of rotatable bonds is 55. The molecule has 1 amide bonds. The molecular weight excluding hydrogens is 815 g/mol. The van der Waals surface area contributed by atoms with E-state index < -0.39 is 12.1 Å². The highest BCUT2D eigenvalue weighted by Gasteiger charge is 2.18. The summed E-state index contributed by atoms with van der Waals surface area (Å²) in [6.07, 6.45) is 67.8. The van der Waals surface area contributed by atoms with E-state index in [1.54, 1.807) is 6.08 Å². The maximum absolute atomic E-state index is 12.4. The predicted molar refractivity (Wildman–Crippen MR) is 287 cm³/mol. The van der Waals surface area contributed by atoms with E-state index in [1.165, 1.54) is 250 Å². The first kappa shape index (κ1) is 64.3. The zero-order valence-electron chi connectivity index (χ0n) is 44.4. The van der Waals surface area contributed by atoms with Gasteiger partial charge in [0.1, 0.15) is 0 Å². The molecule has 0 radical (unpaired) electrons. The van der Waals surface area contributed by atoms with Gasteiger partial charge in [-0.1, -0.05) is 276 Å². The third kappa shape index (κ3) is 51.7. The largest absolute Gasteiger partial charge is 0.466 e. The molecule has 0 aliphatic heterocycles. The smallest absolute Gasteiger partial charge is 0.305 e. The van der Waals surface area contributed by atoms with E-state index in [-0.39, 0.29) is 18.5 Å². The number of ether oxygens (including phenoxy) is 1. The maximum Gasteiger partial charge on any atom is 0.305 e. The Balaban J connectivity index is 3.39. The molecule has 6 heteroatoms. The molecule has 3 N–H and O–H groups in total. The van der Waals surface area contributed by atoms with E-state index in [0.717, 1.165) is 44.9 Å². The van der Waals surface area contributed by atoms with Crippen molar-refractivity contribution in [3.8, 4) is 0 Å². The van der Waals surface area contributed by atoms with Gasteiger partial charge in [-0.05, 0) is 57.8 Å². The van der Waals surface area contributed by atoms with E-state index in [9.17, 15) is 19.8 Å². The van der Waals surface area contributed by atoms with Gasteiger partial charge in [-0.2, -0.15) is 0 Å². The molecule has 6 nitrogen and oxygen atoms in total. The maximum atomic E-state index is 12.4. The summed E-state index contributed by atoms with van der Waals surface area (Å²) in [5, 5.41) is 23.0. The normalized spacial score (nSPS) is 12.7. The van der Waals surface area contributed by atoms with Crippen LogP contribution in [0.4, 0.5) is 0 Å². The molecule has 66 heavy (non-hydrogen) atoms. The van der Waals surface area contributed by atoms with Crippen LogP contribution in [0.2, 0.25) is 0 Å². The Kier molecular flexibility index (Phi) is 54.5. The summed E-state index contributed by atoms with van der Waals surface area (Å²) in [6, 6.07) is -0.628. The molecular formula is C60H115NO5. The van der Waals surface area contributed by atoms with Crippen LogP contribution in [0.1, 0.15) is 322 Å². The lowest BCUT2D eigenvalue weighted by Gasteiger charge is -2.20. The summed E-state index contributed by atoms with van der Waals surface area (Å²) in [4.78, 5) is 24.5. The molecule has 2 unspecified atom stereocenters. The van der Waals surface area contributed by atoms with Gasteiger partial charge in [-0.15, -0.1) is 0 Å². The number of hydrogen-bond donors (Lipinski definition) is 3. The zero-order valence-corrected chi connectivity index (χ0v) is 44.4. The van der Waals surface area contributed by atoms with Gasteiger partial charge in [-0.25, -0.2) is 0 Å². The van der Waals surface area contributed by atoms with Gasteiger partial charge < -0.3 is 20.3 Å². The standard InChI is InChI=1S/C60H115NO5/c1-3-5-7-9-11-13-15-17-18-23-27-30-34-38-42-46-50-54-60(65)66-55-51-47-43-39-35-31-28-25-22-20-19-21-24-26-29-33-37-41-45-49-53-59(64)61-57(56-62)58(63)52-48-44-40-36-32-16-14-12-10-8-6-4-2/h17-18,48,52,57-58,62-63H,3-16,19-47,49-51,53-56H2,1-2H3,(H,61,64)/b18-17-,52-48+. The summed E-state index contributed by atoms with van der Waals surface area (Å²) in [5.74, 6) is -0.0632. The van der Waals surface area contributed by atoms with E-state index in [1.807, 2.05) is 6.08 Å². The lowest BCUT2D eigenvalue weighted by Crippen LogP contribution is -2.45. The number of aliphatic hydroxyl groups excluding tert-OH is 2. The molecule has 0 spiro atoms. The van der Waals surface area contributed by atoms with Gasteiger partial charge in [0.25, 0.3) is 0 Å². The molecule has 0 heterocycles. The predicted octanol–water partition coefficient (Wildman–Crippen LogP) is 18.2. The molecule has 0 aliphatic carbocycles. The van der Waals surface area contributed by atoms with Crippen molar-refractivity contribution in [3.63, 3.8) is 0 Å². The number of allylic oxidation sites excluding steroid dienone is 3. The summed E-state index contributed by atoms with van der Waals surface area (Å²) in [5.41, 5.74) is 0. The molecule has 0 aromatic rings. The Morgan fingerprint density at radius 1 is 0.409 bits per heavy atom. The van der Waals surface area contributed by atoms with Crippen molar-refractivity contribution in [2.45, 2.75) is 334 Å². The highest BCUT2D eigenvalue weighted by atomic mass is 16.5. The van der Waals surface area contributed by atoms with Crippen LogP contribution in [0.15, 0.2) is 24.3 Å². The number of esters is 1. The molecule has 0 bridgehead atoms. The minimum absolute atomic E-state index is 0.00669. The van der Waals surface area contributed by atoms with Crippen LogP contribution in [0.3, 0.4) is 0 Å². The molecule has 0 rings (SSSR count). The lowest BCUT2D eigenvalue weighted by atomic mass is 10.0. The molecule has 0 aliphatic rings. The van der Waals surface area contributed by atoms with Crippen LogP contribution >= 0.6 is 0 Å². The fraction of sp³-hybridized carbons (Fsp3) is 0.900. The van der Waals surface area contributed by atoms with Gasteiger partial charge in [0.05, 0.1) is 25.4 Å². The second kappa shape index (κ2) is 55.9. The average Bonchev–Trinajstić information content (AvgIpc) is 3.32. The van der Waals surface area contributed by atoms with E-state index in [4.69, 9.17) is 4.74 Å². The molecule has 0 aromatic carbocycles. The van der Waals surface area contributed by atoms with Crippen molar-refractivity contribution in [1.29, 1.82) is 0 Å². The van der Waals surface area contributed by atoms with Gasteiger partial charge in [0, 0.05) is 12.8 Å². The minimum atomic E-state index is -0.844. The number of nitrogens with one attached hydrogen (secondary N) is 1. The van der Waals surface area contributed by atoms with Crippen LogP contribution in [0.25, 0.3) is 0 Å². The van der Waals surface area contributed by atoms with Crippen molar-refractivity contribution in [2.75, 3.05) is 13.2 Å². The molecule has 2 atom stereocenters. The number of aliphatic hydroxyl groups is 2. The quantitative estimate of drug-likeness (QED) is 0.0321. The fourth-order valence-corrected chi connectivity index (χ4v) is 9.16. The zero-order chi connectivity index (χ0) is 47.9. The van der Waals surface area contributed by atoms with Crippen molar-refractivity contribution < 1.29 is 24.5 Å². The molecule has 390 valence electrons. The highest BCUT2D eigenvalue weighted by Crippen LogP contribution is 2.17. The molecule has 0 saturated carbocycles. The lowest BCUT2D eigenvalue weighted by molar-refractivity contribution is -0.143. The molecule has 0 fully saturated rings. The Hall–Kier alpha value is -1.66. The SMILES string of the molecule is CCCCCCCC/C=C\CCCCCCCCCC(=O)OCCCCCCCCCCCCCCCCCCCCCCC(=O)NC(CO)C(O)/C=C/CCCCCCCCCCCC. The Labute approximate surface area is 411 Å². The third-order valence-corrected chi connectivity index (χ3v) is 13.7. The second-order valence-electron chi connectivity index (χ2n) is 20.3. The van der Waals surface area contributed by atoms with Gasteiger partial charge in [0.15, 0.2) is 0 Å². The van der Waals surface area contributed by atoms with Gasteiger partial charge in [-0.3, -0.25) is 9.59 Å². The number of unbranched alkanes of at least 4 members (excludes halogenated alkanes) is 42. The first-order chi connectivity index (χ1) is 32.5. The van der Waals surface area contributed by atoms with E-state index >= 15 is 0 Å². The van der Waals surface area contributed by atoms with Gasteiger partial charge >= 0.3 is 5.97 Å². The van der Waals surface area contributed by atoms with E-state index in [0.29, 0.717) is 19.4 Å². The third-order valence-electron chi connectivity index (χ3n) is 13.7. The second-order valence-corrected chi connectivity index (χ2v) is 20.3. The first-order valence-corrected chi connectivity index (χ1v) is 29.6. The first-order valence-electron chi connectivity index (χ1n) is 29.6.